The number of nitrogens with zero attached hydrogens (tertiary/aromatic N) is 2. The topological polar surface area (TPSA) is 75.4 Å². The molecular formula is C16H23N3O3. The predicted molar refractivity (Wildman–Crippen MR) is 80.4 cm³/mol. The van der Waals surface area contributed by atoms with Crippen LogP contribution in [0.4, 0.5) is 0 Å². The van der Waals surface area contributed by atoms with Crippen LogP contribution in [0.3, 0.4) is 0 Å². The first kappa shape index (κ1) is 15.1. The lowest BCUT2D eigenvalue weighted by Gasteiger charge is -2.31. The van der Waals surface area contributed by atoms with Gasteiger partial charge in [-0.25, -0.2) is 0 Å². The van der Waals surface area contributed by atoms with Crippen molar-refractivity contribution in [3.05, 3.63) is 17.5 Å². The fourth-order valence-electron chi connectivity index (χ4n) is 2.92. The maximum atomic E-state index is 12.2. The summed E-state index contributed by atoms with van der Waals surface area (Å²) in [5.41, 5.74) is 0.328. The van der Waals surface area contributed by atoms with Gasteiger partial charge in [-0.1, -0.05) is 12.1 Å². The van der Waals surface area contributed by atoms with Crippen molar-refractivity contribution >= 4 is 11.8 Å². The molecule has 1 unspecified atom stereocenters. The molecule has 6 heteroatoms. The van der Waals surface area contributed by atoms with Crippen LogP contribution in [0.25, 0.3) is 0 Å². The number of aromatic nitrogens is 1. The lowest BCUT2D eigenvalue weighted by molar-refractivity contribution is -0.133. The molecule has 1 aliphatic heterocycles. The second kappa shape index (κ2) is 6.50. The zero-order chi connectivity index (χ0) is 15.5. The summed E-state index contributed by atoms with van der Waals surface area (Å²) < 4.78 is 5.36. The summed E-state index contributed by atoms with van der Waals surface area (Å²) in [5.74, 6) is 1.21. The molecule has 1 saturated carbocycles. The van der Waals surface area contributed by atoms with Crippen LogP contribution in [0.15, 0.2) is 10.6 Å². The third-order valence-corrected chi connectivity index (χ3v) is 4.36. The third kappa shape index (κ3) is 3.31. The summed E-state index contributed by atoms with van der Waals surface area (Å²) in [6.07, 6.45) is 4.90. The van der Waals surface area contributed by atoms with Gasteiger partial charge >= 0.3 is 0 Å². The smallest absolute Gasteiger partial charge is 0.273 e. The van der Waals surface area contributed by atoms with Gasteiger partial charge in [-0.3, -0.25) is 9.59 Å². The highest BCUT2D eigenvalue weighted by Crippen LogP contribution is 2.34. The van der Waals surface area contributed by atoms with Gasteiger partial charge in [0, 0.05) is 37.5 Å². The van der Waals surface area contributed by atoms with Crippen molar-refractivity contribution in [2.45, 2.75) is 44.9 Å². The van der Waals surface area contributed by atoms with Gasteiger partial charge in [-0.15, -0.1) is 0 Å². The summed E-state index contributed by atoms with van der Waals surface area (Å²) in [7, 11) is 0. The summed E-state index contributed by atoms with van der Waals surface area (Å²) in [6.45, 7) is 4.15. The highest BCUT2D eigenvalue weighted by molar-refractivity contribution is 5.92. The quantitative estimate of drug-likeness (QED) is 0.902. The molecule has 0 bridgehead atoms. The van der Waals surface area contributed by atoms with E-state index in [-0.39, 0.29) is 23.7 Å². The van der Waals surface area contributed by atoms with Crippen LogP contribution >= 0.6 is 0 Å². The summed E-state index contributed by atoms with van der Waals surface area (Å²) in [5, 5.41) is 6.66. The predicted octanol–water partition coefficient (Wildman–Crippen LogP) is 1.93. The van der Waals surface area contributed by atoms with E-state index in [4.69, 9.17) is 4.52 Å². The molecule has 1 aromatic heterocycles. The van der Waals surface area contributed by atoms with Crippen LogP contribution in [0, 0.1) is 5.92 Å². The first-order valence-electron chi connectivity index (χ1n) is 8.22. The molecule has 1 atom stereocenters. The van der Waals surface area contributed by atoms with E-state index in [1.807, 2.05) is 11.8 Å². The van der Waals surface area contributed by atoms with Gasteiger partial charge in [0.05, 0.1) is 0 Å². The van der Waals surface area contributed by atoms with E-state index < -0.39 is 0 Å². The van der Waals surface area contributed by atoms with Crippen LogP contribution in [-0.4, -0.2) is 41.5 Å². The number of carbonyl (C=O) groups excluding carboxylic acids is 2. The second-order valence-electron chi connectivity index (χ2n) is 6.27. The molecule has 0 spiro atoms. The molecule has 2 amide bonds. The number of amides is 2. The Balaban J connectivity index is 1.62. The Hall–Kier alpha value is -1.85. The third-order valence-electron chi connectivity index (χ3n) is 4.36. The Labute approximate surface area is 130 Å². The van der Waals surface area contributed by atoms with Crippen LogP contribution < -0.4 is 5.32 Å². The van der Waals surface area contributed by atoms with Crippen molar-refractivity contribution in [1.29, 1.82) is 0 Å². The van der Waals surface area contributed by atoms with Crippen molar-refractivity contribution in [1.82, 2.24) is 15.4 Å². The number of likely N-dealkylation sites (tertiary alicyclic amines) is 1. The Bertz CT molecular complexity index is 551. The number of carbonyl (C=O) groups is 2. The average molecular weight is 305 g/mol. The van der Waals surface area contributed by atoms with Crippen molar-refractivity contribution < 1.29 is 14.1 Å². The fraction of sp³-hybridized carbons (Fsp3) is 0.688. The second-order valence-corrected chi connectivity index (χ2v) is 6.27. The van der Waals surface area contributed by atoms with E-state index in [1.54, 1.807) is 6.07 Å². The number of piperidine rings is 1. The van der Waals surface area contributed by atoms with Crippen LogP contribution in [0.1, 0.15) is 61.2 Å². The van der Waals surface area contributed by atoms with E-state index in [0.29, 0.717) is 18.8 Å². The van der Waals surface area contributed by atoms with E-state index in [0.717, 1.165) is 44.4 Å². The number of hydrogen-bond acceptors (Lipinski definition) is 4. The van der Waals surface area contributed by atoms with E-state index >= 15 is 0 Å². The molecular weight excluding hydrogens is 282 g/mol. The fourth-order valence-corrected chi connectivity index (χ4v) is 2.92. The molecule has 3 rings (SSSR count). The van der Waals surface area contributed by atoms with Crippen LogP contribution in [0.2, 0.25) is 0 Å². The van der Waals surface area contributed by atoms with E-state index in [2.05, 4.69) is 10.5 Å². The maximum Gasteiger partial charge on any atom is 0.273 e. The Morgan fingerprint density at radius 2 is 2.23 bits per heavy atom. The zero-order valence-electron chi connectivity index (χ0n) is 13.0. The minimum absolute atomic E-state index is 0.150. The Morgan fingerprint density at radius 3 is 2.95 bits per heavy atom. The standard InChI is InChI=1S/C16H23N3O3/c1-2-7-17-15(20)13-9-14(22-18-13)12-4-3-8-19(10-12)16(21)11-5-6-11/h9,11-12H,2-8,10H2,1H3,(H,17,20). The molecule has 1 N–H and O–H groups in total. The summed E-state index contributed by atoms with van der Waals surface area (Å²) >= 11 is 0. The summed E-state index contributed by atoms with van der Waals surface area (Å²) in [4.78, 5) is 26.0. The van der Waals surface area contributed by atoms with E-state index in [1.165, 1.54) is 0 Å². The maximum absolute atomic E-state index is 12.2. The SMILES string of the molecule is CCCNC(=O)c1cc(C2CCCN(C(=O)C3CC3)C2)on1. The van der Waals surface area contributed by atoms with Gasteiger partial charge in [0.15, 0.2) is 5.69 Å². The van der Waals surface area contributed by atoms with Gasteiger partial charge in [0.25, 0.3) is 5.91 Å². The minimum Gasteiger partial charge on any atom is -0.360 e. The number of nitrogens with one attached hydrogen (secondary N) is 1. The first-order valence-corrected chi connectivity index (χ1v) is 8.22. The monoisotopic (exact) mass is 305 g/mol. The molecule has 1 aliphatic carbocycles. The van der Waals surface area contributed by atoms with Gasteiger partial charge in [-0.05, 0) is 32.1 Å². The molecule has 0 aromatic carbocycles. The normalized spacial score (nSPS) is 21.7. The number of hydrogen-bond donors (Lipinski definition) is 1. The molecule has 2 aliphatic rings. The molecule has 6 nitrogen and oxygen atoms in total. The van der Waals surface area contributed by atoms with Crippen molar-refractivity contribution in [3.8, 4) is 0 Å². The highest BCUT2D eigenvalue weighted by atomic mass is 16.5. The largest absolute Gasteiger partial charge is 0.360 e. The molecule has 2 heterocycles. The summed E-state index contributed by atoms with van der Waals surface area (Å²) in [6, 6.07) is 1.72. The van der Waals surface area contributed by atoms with Gasteiger partial charge in [0.2, 0.25) is 5.91 Å². The highest BCUT2D eigenvalue weighted by Gasteiger charge is 2.36. The van der Waals surface area contributed by atoms with Crippen molar-refractivity contribution in [3.63, 3.8) is 0 Å². The molecule has 1 aromatic rings. The lowest BCUT2D eigenvalue weighted by atomic mass is 9.95. The Morgan fingerprint density at radius 1 is 1.41 bits per heavy atom. The van der Waals surface area contributed by atoms with Crippen molar-refractivity contribution in [2.75, 3.05) is 19.6 Å². The lowest BCUT2D eigenvalue weighted by Crippen LogP contribution is -2.39. The minimum atomic E-state index is -0.196. The molecule has 2 fully saturated rings. The van der Waals surface area contributed by atoms with Gasteiger partial charge in [-0.2, -0.15) is 0 Å². The van der Waals surface area contributed by atoms with E-state index in [9.17, 15) is 9.59 Å². The Kier molecular flexibility index (Phi) is 4.45. The molecule has 22 heavy (non-hydrogen) atoms. The average Bonchev–Trinajstić information content (AvgIpc) is 3.28. The zero-order valence-corrected chi connectivity index (χ0v) is 13.0. The number of rotatable bonds is 5. The van der Waals surface area contributed by atoms with Gasteiger partial charge in [0.1, 0.15) is 5.76 Å². The van der Waals surface area contributed by atoms with Crippen molar-refractivity contribution in [2.24, 2.45) is 5.92 Å². The molecule has 1 saturated heterocycles. The van der Waals surface area contributed by atoms with Crippen LogP contribution in [-0.2, 0) is 4.79 Å². The molecule has 0 radical (unpaired) electrons. The molecule has 120 valence electrons. The van der Waals surface area contributed by atoms with Crippen LogP contribution in [0.5, 0.6) is 0 Å². The van der Waals surface area contributed by atoms with Gasteiger partial charge < -0.3 is 14.7 Å². The first-order chi connectivity index (χ1) is 10.7.